The molecule has 1 heterocycles. The molecule has 0 unspecified atom stereocenters. The van der Waals surface area contributed by atoms with Crippen LogP contribution in [0.25, 0.3) is 0 Å². The summed E-state index contributed by atoms with van der Waals surface area (Å²) < 4.78 is 0. The Kier molecular flexibility index (Phi) is 4.53. The maximum atomic E-state index is 11.7. The van der Waals surface area contributed by atoms with Crippen LogP contribution in [0.2, 0.25) is 0 Å². The number of hydrogen-bond acceptors (Lipinski definition) is 5. The average Bonchev–Trinajstić information content (AvgIpc) is 2.45. The minimum absolute atomic E-state index is 0.0620. The van der Waals surface area contributed by atoms with Crippen LogP contribution in [0.1, 0.15) is 67.9 Å². The second-order valence-electron chi connectivity index (χ2n) is 7.35. The van der Waals surface area contributed by atoms with E-state index in [0.29, 0.717) is 29.5 Å². The summed E-state index contributed by atoms with van der Waals surface area (Å²) in [6.07, 6.45) is 9.12. The van der Waals surface area contributed by atoms with Gasteiger partial charge in [0, 0.05) is 11.7 Å². The van der Waals surface area contributed by atoms with Crippen molar-refractivity contribution >= 4 is 11.9 Å². The molecule has 1 amide bonds. The molecule has 2 atom stereocenters. The van der Waals surface area contributed by atoms with Crippen LogP contribution in [0.3, 0.4) is 0 Å². The van der Waals surface area contributed by atoms with Gasteiger partial charge in [0.1, 0.15) is 0 Å². The van der Waals surface area contributed by atoms with Crippen molar-refractivity contribution in [3.05, 3.63) is 17.5 Å². The number of hydrogen-bond donors (Lipinski definition) is 3. The fraction of sp³-hybridized carbons (Fsp3) is 0.706. The fourth-order valence-corrected chi connectivity index (χ4v) is 3.66. The van der Waals surface area contributed by atoms with Gasteiger partial charge < -0.3 is 16.2 Å². The van der Waals surface area contributed by atoms with Crippen molar-refractivity contribution in [1.82, 2.24) is 9.97 Å². The molecular formula is C17H26N4O2. The van der Waals surface area contributed by atoms with Crippen LogP contribution in [0, 0.1) is 5.92 Å². The fourth-order valence-electron chi connectivity index (χ4n) is 3.66. The topological polar surface area (TPSA) is 101 Å². The van der Waals surface area contributed by atoms with Crippen LogP contribution in [0.5, 0.6) is 0 Å². The molecule has 126 valence electrons. The normalized spacial score (nSPS) is 26.3. The number of nitrogens with two attached hydrogens (primary N) is 1. The molecule has 0 radical (unpaired) electrons. The van der Waals surface area contributed by atoms with E-state index >= 15 is 0 Å². The van der Waals surface area contributed by atoms with E-state index in [1.807, 2.05) is 0 Å². The Balaban J connectivity index is 1.78. The number of aliphatic hydroxyl groups excluding tert-OH is 1. The third-order valence-electron chi connectivity index (χ3n) is 5.24. The van der Waals surface area contributed by atoms with E-state index in [-0.39, 0.29) is 11.6 Å². The monoisotopic (exact) mass is 318 g/mol. The minimum atomic E-state index is -0.488. The van der Waals surface area contributed by atoms with Gasteiger partial charge in [-0.15, -0.1) is 0 Å². The second kappa shape index (κ2) is 6.43. The molecule has 0 saturated heterocycles. The summed E-state index contributed by atoms with van der Waals surface area (Å²) in [5, 5.41) is 13.2. The molecule has 23 heavy (non-hydrogen) atoms. The van der Waals surface area contributed by atoms with Gasteiger partial charge in [-0.3, -0.25) is 4.79 Å². The largest absolute Gasteiger partial charge is 0.393 e. The summed E-state index contributed by atoms with van der Waals surface area (Å²) in [5.41, 5.74) is 6.64. The Morgan fingerprint density at radius 3 is 2.83 bits per heavy atom. The lowest BCUT2D eigenvalue weighted by Gasteiger charge is -2.39. The molecule has 2 aliphatic rings. The van der Waals surface area contributed by atoms with Gasteiger partial charge in [-0.2, -0.15) is 0 Å². The highest BCUT2D eigenvalue weighted by atomic mass is 16.3. The van der Waals surface area contributed by atoms with Crippen LogP contribution in [-0.2, 0) is 6.42 Å². The maximum absolute atomic E-state index is 11.7. The molecule has 6 heteroatoms. The Labute approximate surface area is 136 Å². The van der Waals surface area contributed by atoms with Gasteiger partial charge in [-0.25, -0.2) is 9.97 Å². The van der Waals surface area contributed by atoms with Gasteiger partial charge in [-0.05, 0) is 57.8 Å². The molecule has 2 fully saturated rings. The molecule has 3 rings (SSSR count). The van der Waals surface area contributed by atoms with Gasteiger partial charge in [0.25, 0.3) is 5.91 Å². The number of amides is 1. The highest BCUT2D eigenvalue weighted by Gasteiger charge is 2.32. The average molecular weight is 318 g/mol. The molecule has 0 bridgehead atoms. The predicted molar refractivity (Wildman–Crippen MR) is 88.1 cm³/mol. The minimum Gasteiger partial charge on any atom is -0.393 e. The van der Waals surface area contributed by atoms with E-state index in [1.165, 1.54) is 12.6 Å². The van der Waals surface area contributed by atoms with E-state index in [2.05, 4.69) is 22.2 Å². The summed E-state index contributed by atoms with van der Waals surface area (Å²) >= 11 is 0. The van der Waals surface area contributed by atoms with Gasteiger partial charge in [0.15, 0.2) is 0 Å². The standard InChI is InChI=1S/C17H26N4O2/c1-17(6-3-7-17)21-16-19-10-13(15(18)23)14(20-16)9-11-4-2-5-12(22)8-11/h10-12,22H,2-9H2,1H3,(H2,18,23)(H,19,20,21)/t11-,12+/m1/s1. The van der Waals surface area contributed by atoms with Crippen molar-refractivity contribution in [3.63, 3.8) is 0 Å². The number of carbonyl (C=O) groups excluding carboxylic acids is 1. The van der Waals surface area contributed by atoms with Crippen LogP contribution < -0.4 is 11.1 Å². The predicted octanol–water partition coefficient (Wildman–Crippen LogP) is 2.02. The Morgan fingerprint density at radius 1 is 1.43 bits per heavy atom. The lowest BCUT2D eigenvalue weighted by molar-refractivity contribution is 0.0987. The van der Waals surface area contributed by atoms with Crippen LogP contribution in [0.15, 0.2) is 6.20 Å². The van der Waals surface area contributed by atoms with Gasteiger partial charge in [-0.1, -0.05) is 6.42 Å². The lowest BCUT2D eigenvalue weighted by Crippen LogP contribution is -2.42. The molecule has 0 spiro atoms. The van der Waals surface area contributed by atoms with Gasteiger partial charge in [0.05, 0.1) is 17.4 Å². The third-order valence-corrected chi connectivity index (χ3v) is 5.24. The van der Waals surface area contributed by atoms with E-state index < -0.39 is 5.91 Å². The highest BCUT2D eigenvalue weighted by molar-refractivity contribution is 5.93. The summed E-state index contributed by atoms with van der Waals surface area (Å²) in [6, 6.07) is 0. The molecule has 0 aliphatic heterocycles. The molecule has 6 nitrogen and oxygen atoms in total. The highest BCUT2D eigenvalue weighted by Crippen LogP contribution is 2.34. The van der Waals surface area contributed by atoms with Crippen molar-refractivity contribution < 1.29 is 9.90 Å². The Bertz CT molecular complexity index is 586. The van der Waals surface area contributed by atoms with Gasteiger partial charge >= 0.3 is 0 Å². The molecule has 4 N–H and O–H groups in total. The number of carbonyl (C=O) groups is 1. The molecule has 1 aromatic rings. The summed E-state index contributed by atoms with van der Waals surface area (Å²) in [5.74, 6) is 0.431. The van der Waals surface area contributed by atoms with Crippen molar-refractivity contribution in [2.24, 2.45) is 11.7 Å². The van der Waals surface area contributed by atoms with E-state index in [4.69, 9.17) is 5.73 Å². The molecule has 1 aromatic heterocycles. The number of nitrogens with one attached hydrogen (secondary N) is 1. The molecule has 2 aliphatic carbocycles. The van der Waals surface area contributed by atoms with Crippen LogP contribution in [0.4, 0.5) is 5.95 Å². The van der Waals surface area contributed by atoms with E-state index in [0.717, 1.165) is 38.5 Å². The summed E-state index contributed by atoms with van der Waals surface area (Å²) in [4.78, 5) is 20.5. The first-order chi connectivity index (χ1) is 11.0. The Morgan fingerprint density at radius 2 is 2.22 bits per heavy atom. The van der Waals surface area contributed by atoms with E-state index in [9.17, 15) is 9.90 Å². The molecule has 0 aromatic carbocycles. The zero-order valence-electron chi connectivity index (χ0n) is 13.7. The van der Waals surface area contributed by atoms with E-state index in [1.54, 1.807) is 0 Å². The zero-order chi connectivity index (χ0) is 16.4. The lowest BCUT2D eigenvalue weighted by atomic mass is 9.79. The smallest absolute Gasteiger partial charge is 0.252 e. The van der Waals surface area contributed by atoms with Crippen molar-refractivity contribution in [2.75, 3.05) is 5.32 Å². The number of anilines is 1. The number of aliphatic hydroxyl groups is 1. The first kappa shape index (κ1) is 16.2. The van der Waals surface area contributed by atoms with Crippen LogP contribution in [-0.4, -0.2) is 32.6 Å². The first-order valence-corrected chi connectivity index (χ1v) is 8.57. The first-order valence-electron chi connectivity index (χ1n) is 8.57. The van der Waals surface area contributed by atoms with Crippen molar-refractivity contribution in [2.45, 2.75) is 69.9 Å². The van der Waals surface area contributed by atoms with Crippen molar-refractivity contribution in [3.8, 4) is 0 Å². The summed E-state index contributed by atoms with van der Waals surface area (Å²) in [6.45, 7) is 2.17. The number of rotatable bonds is 5. The maximum Gasteiger partial charge on any atom is 0.252 e. The summed E-state index contributed by atoms with van der Waals surface area (Å²) in [7, 11) is 0. The zero-order valence-corrected chi connectivity index (χ0v) is 13.7. The number of aromatic nitrogens is 2. The number of nitrogens with zero attached hydrogens (tertiary/aromatic N) is 2. The molecule has 2 saturated carbocycles. The second-order valence-corrected chi connectivity index (χ2v) is 7.35. The van der Waals surface area contributed by atoms with Crippen molar-refractivity contribution in [1.29, 1.82) is 0 Å². The SMILES string of the molecule is CC1(Nc2ncc(C(N)=O)c(C[C@@H]3CCC[C@H](O)C3)n2)CCC1. The van der Waals surface area contributed by atoms with Crippen LogP contribution >= 0.6 is 0 Å². The Hall–Kier alpha value is -1.69. The quantitative estimate of drug-likeness (QED) is 0.771. The molecular weight excluding hydrogens is 292 g/mol. The third kappa shape index (κ3) is 3.80. The van der Waals surface area contributed by atoms with Gasteiger partial charge in [0.2, 0.25) is 5.95 Å². The number of primary amides is 1.